The van der Waals surface area contributed by atoms with Gasteiger partial charge in [-0.1, -0.05) is 19.4 Å². The van der Waals surface area contributed by atoms with Crippen molar-refractivity contribution in [1.82, 2.24) is 5.32 Å². The van der Waals surface area contributed by atoms with Crippen molar-refractivity contribution in [3.63, 3.8) is 0 Å². The van der Waals surface area contributed by atoms with E-state index in [1.807, 2.05) is 24.3 Å². The Morgan fingerprint density at radius 2 is 2.20 bits per heavy atom. The average Bonchev–Trinajstić information content (AvgIpc) is 2.42. The van der Waals surface area contributed by atoms with Crippen LogP contribution in [0, 0.1) is 5.41 Å². The van der Waals surface area contributed by atoms with E-state index in [0.29, 0.717) is 12.0 Å². The Balaban J connectivity index is 1.75. The molecule has 1 saturated carbocycles. The molecule has 2 rings (SSSR count). The highest BCUT2D eigenvalue weighted by atomic mass is 16.5. The van der Waals surface area contributed by atoms with Gasteiger partial charge in [-0.05, 0) is 36.8 Å². The maximum Gasteiger partial charge on any atom is 0.238 e. The van der Waals surface area contributed by atoms with Crippen molar-refractivity contribution < 1.29 is 9.53 Å². The highest BCUT2D eigenvalue weighted by molar-refractivity contribution is 5.92. The van der Waals surface area contributed by atoms with E-state index in [-0.39, 0.29) is 5.91 Å². The molecule has 0 aliphatic heterocycles. The molecule has 0 spiro atoms. The third kappa shape index (κ3) is 3.73. The molecule has 0 atom stereocenters. The van der Waals surface area contributed by atoms with Gasteiger partial charge in [-0.3, -0.25) is 4.79 Å². The predicted molar refractivity (Wildman–Crippen MR) is 81.1 cm³/mol. The van der Waals surface area contributed by atoms with Crippen LogP contribution in [0.25, 0.3) is 0 Å². The third-order valence-corrected chi connectivity index (χ3v) is 4.30. The van der Waals surface area contributed by atoms with Gasteiger partial charge in [0.05, 0.1) is 13.7 Å². The molecule has 1 aromatic carbocycles. The molecule has 110 valence electrons. The number of hydrogen-bond donors (Lipinski definition) is 2. The fourth-order valence-electron chi connectivity index (χ4n) is 2.68. The number of nitrogens with one attached hydrogen (secondary N) is 2. The van der Waals surface area contributed by atoms with Gasteiger partial charge in [0, 0.05) is 18.3 Å². The molecule has 1 aromatic rings. The van der Waals surface area contributed by atoms with Crippen LogP contribution < -0.4 is 15.4 Å². The first-order chi connectivity index (χ1) is 9.67. The van der Waals surface area contributed by atoms with Crippen LogP contribution >= 0.6 is 0 Å². The molecule has 1 aliphatic carbocycles. The summed E-state index contributed by atoms with van der Waals surface area (Å²) in [4.78, 5) is 11.9. The normalized spacial score (nSPS) is 16.3. The van der Waals surface area contributed by atoms with E-state index in [9.17, 15) is 4.79 Å². The minimum Gasteiger partial charge on any atom is -0.497 e. The Bertz CT molecular complexity index is 450. The summed E-state index contributed by atoms with van der Waals surface area (Å²) in [5.41, 5.74) is 1.21. The average molecular weight is 276 g/mol. The third-order valence-electron chi connectivity index (χ3n) is 4.30. The van der Waals surface area contributed by atoms with Crippen molar-refractivity contribution in [2.75, 3.05) is 25.5 Å². The zero-order valence-corrected chi connectivity index (χ0v) is 12.4. The monoisotopic (exact) mass is 276 g/mol. The standard InChI is InChI=1S/C16H24N2O2/c1-3-16(8-5-9-16)12-17-11-15(19)18-13-6-4-7-14(10-13)20-2/h4,6-7,10,17H,3,5,8-9,11-12H2,1-2H3,(H,18,19). The van der Waals surface area contributed by atoms with E-state index < -0.39 is 0 Å². The number of anilines is 1. The van der Waals surface area contributed by atoms with Gasteiger partial charge in [-0.25, -0.2) is 0 Å². The van der Waals surface area contributed by atoms with Gasteiger partial charge in [0.15, 0.2) is 0 Å². The number of carbonyl (C=O) groups is 1. The summed E-state index contributed by atoms with van der Waals surface area (Å²) in [7, 11) is 1.62. The van der Waals surface area contributed by atoms with E-state index in [0.717, 1.165) is 18.0 Å². The Labute approximate surface area is 120 Å². The summed E-state index contributed by atoms with van der Waals surface area (Å²) in [5.74, 6) is 0.735. The van der Waals surface area contributed by atoms with Crippen LogP contribution in [-0.4, -0.2) is 26.1 Å². The van der Waals surface area contributed by atoms with Crippen LogP contribution in [0.15, 0.2) is 24.3 Å². The minimum absolute atomic E-state index is 0.0103. The summed E-state index contributed by atoms with van der Waals surface area (Å²) in [5, 5.41) is 6.16. The van der Waals surface area contributed by atoms with Crippen LogP contribution in [0.1, 0.15) is 32.6 Å². The van der Waals surface area contributed by atoms with Crippen molar-refractivity contribution in [3.8, 4) is 5.75 Å². The van der Waals surface area contributed by atoms with Gasteiger partial charge in [-0.2, -0.15) is 0 Å². The van der Waals surface area contributed by atoms with Crippen molar-refractivity contribution in [2.45, 2.75) is 32.6 Å². The highest BCUT2D eigenvalue weighted by Gasteiger charge is 2.34. The highest BCUT2D eigenvalue weighted by Crippen LogP contribution is 2.42. The first-order valence-electron chi connectivity index (χ1n) is 7.32. The maximum atomic E-state index is 11.9. The number of rotatable bonds is 7. The molecular weight excluding hydrogens is 252 g/mol. The Morgan fingerprint density at radius 1 is 1.40 bits per heavy atom. The molecule has 4 heteroatoms. The lowest BCUT2D eigenvalue weighted by Crippen LogP contribution is -2.41. The fraction of sp³-hybridized carbons (Fsp3) is 0.562. The predicted octanol–water partition coefficient (Wildman–Crippen LogP) is 2.80. The van der Waals surface area contributed by atoms with E-state index >= 15 is 0 Å². The summed E-state index contributed by atoms with van der Waals surface area (Å²) in [6, 6.07) is 7.40. The summed E-state index contributed by atoms with van der Waals surface area (Å²) >= 11 is 0. The molecule has 20 heavy (non-hydrogen) atoms. The van der Waals surface area contributed by atoms with Gasteiger partial charge >= 0.3 is 0 Å². The molecule has 0 unspecified atom stereocenters. The zero-order valence-electron chi connectivity index (χ0n) is 12.4. The van der Waals surface area contributed by atoms with E-state index in [4.69, 9.17) is 4.74 Å². The quantitative estimate of drug-likeness (QED) is 0.805. The van der Waals surface area contributed by atoms with E-state index in [2.05, 4.69) is 17.6 Å². The van der Waals surface area contributed by atoms with Crippen molar-refractivity contribution in [1.29, 1.82) is 0 Å². The Kier molecular flexibility index (Phi) is 5.01. The van der Waals surface area contributed by atoms with Crippen LogP contribution in [0.3, 0.4) is 0 Å². The number of methoxy groups -OCH3 is 1. The lowest BCUT2D eigenvalue weighted by Gasteiger charge is -2.41. The zero-order chi connectivity index (χ0) is 14.4. The number of ether oxygens (including phenoxy) is 1. The first-order valence-corrected chi connectivity index (χ1v) is 7.32. The molecule has 4 nitrogen and oxygen atoms in total. The lowest BCUT2D eigenvalue weighted by molar-refractivity contribution is -0.115. The molecule has 2 N–H and O–H groups in total. The lowest BCUT2D eigenvalue weighted by atomic mass is 9.67. The summed E-state index contributed by atoms with van der Waals surface area (Å²) in [6.45, 7) is 3.53. The smallest absolute Gasteiger partial charge is 0.238 e. The molecule has 0 heterocycles. The molecule has 1 aliphatic rings. The topological polar surface area (TPSA) is 50.4 Å². The number of benzene rings is 1. The van der Waals surface area contributed by atoms with Crippen LogP contribution in [0.2, 0.25) is 0 Å². The maximum absolute atomic E-state index is 11.9. The molecule has 1 fully saturated rings. The van der Waals surface area contributed by atoms with Gasteiger partial charge in [-0.15, -0.1) is 0 Å². The second-order valence-corrected chi connectivity index (χ2v) is 5.59. The van der Waals surface area contributed by atoms with Crippen molar-refractivity contribution in [3.05, 3.63) is 24.3 Å². The molecule has 0 radical (unpaired) electrons. The molecule has 1 amide bonds. The van der Waals surface area contributed by atoms with Crippen LogP contribution in [0.5, 0.6) is 5.75 Å². The minimum atomic E-state index is -0.0103. The molecule has 0 saturated heterocycles. The molecular formula is C16H24N2O2. The van der Waals surface area contributed by atoms with Gasteiger partial charge < -0.3 is 15.4 Å². The second-order valence-electron chi connectivity index (χ2n) is 5.59. The number of hydrogen-bond acceptors (Lipinski definition) is 3. The second kappa shape index (κ2) is 6.75. The summed E-state index contributed by atoms with van der Waals surface area (Å²) < 4.78 is 5.13. The van der Waals surface area contributed by atoms with Crippen molar-refractivity contribution >= 4 is 11.6 Å². The summed E-state index contributed by atoms with van der Waals surface area (Å²) in [6.07, 6.45) is 5.09. The SMILES string of the molecule is CCC1(CNCC(=O)Nc2cccc(OC)c2)CCC1. The molecule has 0 bridgehead atoms. The number of amides is 1. The Hall–Kier alpha value is -1.55. The first kappa shape index (κ1) is 14.9. The van der Waals surface area contributed by atoms with E-state index in [1.165, 1.54) is 25.7 Å². The van der Waals surface area contributed by atoms with Gasteiger partial charge in [0.25, 0.3) is 0 Å². The van der Waals surface area contributed by atoms with E-state index in [1.54, 1.807) is 7.11 Å². The van der Waals surface area contributed by atoms with Crippen LogP contribution in [0.4, 0.5) is 5.69 Å². The largest absolute Gasteiger partial charge is 0.497 e. The van der Waals surface area contributed by atoms with Gasteiger partial charge in [0.1, 0.15) is 5.75 Å². The Morgan fingerprint density at radius 3 is 2.80 bits per heavy atom. The van der Waals surface area contributed by atoms with Gasteiger partial charge in [0.2, 0.25) is 5.91 Å². The molecule has 0 aromatic heterocycles. The van der Waals surface area contributed by atoms with Crippen molar-refractivity contribution in [2.24, 2.45) is 5.41 Å². The van der Waals surface area contributed by atoms with Crippen LogP contribution in [-0.2, 0) is 4.79 Å². The fourth-order valence-corrected chi connectivity index (χ4v) is 2.68. The number of carbonyl (C=O) groups excluding carboxylic acids is 1.